The summed E-state index contributed by atoms with van der Waals surface area (Å²) in [5, 5.41) is 0. The van der Waals surface area contributed by atoms with E-state index in [9.17, 15) is 4.79 Å². The zero-order chi connectivity index (χ0) is 8.85. The van der Waals surface area contributed by atoms with Crippen LogP contribution in [0.25, 0.3) is 0 Å². The summed E-state index contributed by atoms with van der Waals surface area (Å²) in [5.74, 6) is 0.288. The minimum atomic E-state index is 0.144. The second-order valence-electron chi connectivity index (χ2n) is 2.99. The van der Waals surface area contributed by atoms with E-state index in [0.717, 1.165) is 19.4 Å². The van der Waals surface area contributed by atoms with E-state index in [0.29, 0.717) is 0 Å². The molecule has 0 aromatic carbocycles. The molecule has 1 unspecified atom stereocenters. The molecule has 0 aliphatic heterocycles. The van der Waals surface area contributed by atoms with Gasteiger partial charge >= 0.3 is 0 Å². The van der Waals surface area contributed by atoms with Gasteiger partial charge in [-0.15, -0.1) is 0 Å². The number of carbonyl (C=O) groups is 1. The first-order valence-corrected chi connectivity index (χ1v) is 4.34. The lowest BCUT2D eigenvalue weighted by Gasteiger charge is -2.23. The van der Waals surface area contributed by atoms with Crippen LogP contribution in [0.15, 0.2) is 0 Å². The molecule has 1 atom stereocenters. The van der Waals surface area contributed by atoms with E-state index >= 15 is 0 Å². The second kappa shape index (κ2) is 5.30. The lowest BCUT2D eigenvalue weighted by atomic mass is 10.1. The van der Waals surface area contributed by atoms with Crippen LogP contribution in [0.1, 0.15) is 33.6 Å². The molecule has 0 N–H and O–H groups in total. The van der Waals surface area contributed by atoms with Crippen LogP contribution in [-0.2, 0) is 4.79 Å². The Balaban J connectivity index is 3.97. The summed E-state index contributed by atoms with van der Waals surface area (Å²) in [5.41, 5.74) is 0. The predicted molar refractivity (Wildman–Crippen MR) is 47.7 cm³/mol. The Kier molecular flexibility index (Phi) is 5.12. The molecule has 0 amide bonds. The first-order valence-electron chi connectivity index (χ1n) is 4.34. The number of nitrogens with zero attached hydrogens (tertiary/aromatic N) is 1. The van der Waals surface area contributed by atoms with E-state index in [1.54, 1.807) is 6.92 Å². The van der Waals surface area contributed by atoms with E-state index in [1.165, 1.54) is 0 Å². The largest absolute Gasteiger partial charge is 0.298 e. The molecule has 11 heavy (non-hydrogen) atoms. The SMILES string of the molecule is CCCC(C(C)=O)N(C)CC. The number of carbonyl (C=O) groups excluding carboxylic acids is 1. The zero-order valence-electron chi connectivity index (χ0n) is 8.05. The van der Waals surface area contributed by atoms with Gasteiger partial charge in [-0.1, -0.05) is 20.3 Å². The third-order valence-electron chi connectivity index (χ3n) is 2.06. The molecule has 2 heteroatoms. The lowest BCUT2D eigenvalue weighted by Crippen LogP contribution is -2.36. The van der Waals surface area contributed by atoms with Gasteiger partial charge < -0.3 is 0 Å². The van der Waals surface area contributed by atoms with Crippen molar-refractivity contribution in [2.24, 2.45) is 0 Å². The van der Waals surface area contributed by atoms with Gasteiger partial charge in [-0.2, -0.15) is 0 Å². The van der Waals surface area contributed by atoms with Gasteiger partial charge in [0.1, 0.15) is 5.78 Å². The smallest absolute Gasteiger partial charge is 0.146 e. The highest BCUT2D eigenvalue weighted by molar-refractivity contribution is 5.81. The van der Waals surface area contributed by atoms with Crippen molar-refractivity contribution in [1.82, 2.24) is 4.90 Å². The van der Waals surface area contributed by atoms with Gasteiger partial charge in [0.05, 0.1) is 6.04 Å². The Bertz CT molecular complexity index is 123. The van der Waals surface area contributed by atoms with E-state index in [2.05, 4.69) is 18.7 Å². The Morgan fingerprint density at radius 3 is 2.27 bits per heavy atom. The summed E-state index contributed by atoms with van der Waals surface area (Å²) in [6.07, 6.45) is 2.06. The normalized spacial score (nSPS) is 13.5. The number of Topliss-reactive ketones (excluding diaryl/α,β-unsaturated/α-hetero) is 1. The van der Waals surface area contributed by atoms with Crippen molar-refractivity contribution in [2.45, 2.75) is 39.7 Å². The Morgan fingerprint density at radius 1 is 1.45 bits per heavy atom. The molecule has 0 spiro atoms. The van der Waals surface area contributed by atoms with Crippen LogP contribution in [-0.4, -0.2) is 30.3 Å². The summed E-state index contributed by atoms with van der Waals surface area (Å²) in [4.78, 5) is 13.2. The highest BCUT2D eigenvalue weighted by Crippen LogP contribution is 2.05. The van der Waals surface area contributed by atoms with Gasteiger partial charge in [-0.05, 0) is 26.9 Å². The van der Waals surface area contributed by atoms with Crippen molar-refractivity contribution in [1.29, 1.82) is 0 Å². The van der Waals surface area contributed by atoms with Crippen molar-refractivity contribution in [2.75, 3.05) is 13.6 Å². The Hall–Kier alpha value is -0.370. The van der Waals surface area contributed by atoms with Crippen LogP contribution >= 0.6 is 0 Å². The summed E-state index contributed by atoms with van der Waals surface area (Å²) < 4.78 is 0. The van der Waals surface area contributed by atoms with Crippen LogP contribution in [0.3, 0.4) is 0 Å². The number of ketones is 1. The summed E-state index contributed by atoms with van der Waals surface area (Å²) in [7, 11) is 2.00. The molecule has 66 valence electrons. The van der Waals surface area contributed by atoms with Crippen molar-refractivity contribution in [3.8, 4) is 0 Å². The molecule has 0 saturated heterocycles. The molecule has 0 heterocycles. The number of likely N-dealkylation sites (N-methyl/N-ethyl adjacent to an activating group) is 1. The van der Waals surface area contributed by atoms with Gasteiger partial charge in [-0.25, -0.2) is 0 Å². The van der Waals surface area contributed by atoms with Crippen molar-refractivity contribution >= 4 is 5.78 Å². The molecule has 0 rings (SSSR count). The molecular formula is C9H19NO. The van der Waals surface area contributed by atoms with Crippen LogP contribution in [0.4, 0.5) is 0 Å². The molecule has 2 nitrogen and oxygen atoms in total. The summed E-state index contributed by atoms with van der Waals surface area (Å²) in [6.45, 7) is 6.81. The third kappa shape index (κ3) is 3.51. The van der Waals surface area contributed by atoms with Gasteiger partial charge in [0.25, 0.3) is 0 Å². The first kappa shape index (κ1) is 10.6. The van der Waals surface area contributed by atoms with Crippen LogP contribution < -0.4 is 0 Å². The maximum atomic E-state index is 11.1. The van der Waals surface area contributed by atoms with E-state index < -0.39 is 0 Å². The molecule has 0 saturated carbocycles. The highest BCUT2D eigenvalue weighted by atomic mass is 16.1. The number of rotatable bonds is 5. The standard InChI is InChI=1S/C9H19NO/c1-5-7-9(8(3)11)10(4)6-2/h9H,5-7H2,1-4H3. The Labute approximate surface area is 69.6 Å². The van der Waals surface area contributed by atoms with Crippen LogP contribution in [0, 0.1) is 0 Å². The van der Waals surface area contributed by atoms with Gasteiger partial charge in [-0.3, -0.25) is 9.69 Å². The van der Waals surface area contributed by atoms with E-state index in [-0.39, 0.29) is 11.8 Å². The molecule has 0 aromatic heterocycles. The molecule has 0 radical (unpaired) electrons. The van der Waals surface area contributed by atoms with Gasteiger partial charge in [0, 0.05) is 0 Å². The molecule has 0 bridgehead atoms. The fourth-order valence-electron chi connectivity index (χ4n) is 1.23. The molecule has 0 aromatic rings. The summed E-state index contributed by atoms with van der Waals surface area (Å²) >= 11 is 0. The number of hydrogen-bond donors (Lipinski definition) is 0. The quantitative estimate of drug-likeness (QED) is 0.605. The average molecular weight is 157 g/mol. The maximum Gasteiger partial charge on any atom is 0.146 e. The highest BCUT2D eigenvalue weighted by Gasteiger charge is 2.16. The minimum absolute atomic E-state index is 0.144. The average Bonchev–Trinajstić information content (AvgIpc) is 1.98. The maximum absolute atomic E-state index is 11.1. The zero-order valence-corrected chi connectivity index (χ0v) is 8.05. The van der Waals surface area contributed by atoms with Crippen molar-refractivity contribution in [3.63, 3.8) is 0 Å². The Morgan fingerprint density at radius 2 is 2.00 bits per heavy atom. The molecule has 0 aliphatic carbocycles. The topological polar surface area (TPSA) is 20.3 Å². The van der Waals surface area contributed by atoms with Crippen molar-refractivity contribution in [3.05, 3.63) is 0 Å². The fourth-order valence-corrected chi connectivity index (χ4v) is 1.23. The van der Waals surface area contributed by atoms with Crippen molar-refractivity contribution < 1.29 is 4.79 Å². The molecular weight excluding hydrogens is 138 g/mol. The number of hydrogen-bond acceptors (Lipinski definition) is 2. The van der Waals surface area contributed by atoms with E-state index in [1.807, 2.05) is 7.05 Å². The lowest BCUT2D eigenvalue weighted by molar-refractivity contribution is -0.121. The first-order chi connectivity index (χ1) is 5.13. The fraction of sp³-hybridized carbons (Fsp3) is 0.889. The van der Waals surface area contributed by atoms with Gasteiger partial charge in [0.2, 0.25) is 0 Å². The summed E-state index contributed by atoms with van der Waals surface area (Å²) in [6, 6.07) is 0.144. The second-order valence-corrected chi connectivity index (χ2v) is 2.99. The minimum Gasteiger partial charge on any atom is -0.298 e. The van der Waals surface area contributed by atoms with E-state index in [4.69, 9.17) is 0 Å². The van der Waals surface area contributed by atoms with Crippen LogP contribution in [0.2, 0.25) is 0 Å². The molecule has 0 fully saturated rings. The van der Waals surface area contributed by atoms with Crippen LogP contribution in [0.5, 0.6) is 0 Å². The van der Waals surface area contributed by atoms with Gasteiger partial charge in [0.15, 0.2) is 0 Å². The molecule has 0 aliphatic rings. The predicted octanol–water partition coefficient (Wildman–Crippen LogP) is 1.70. The third-order valence-corrected chi connectivity index (χ3v) is 2.06. The monoisotopic (exact) mass is 157 g/mol.